The van der Waals surface area contributed by atoms with E-state index in [4.69, 9.17) is 4.74 Å². The van der Waals surface area contributed by atoms with E-state index in [-0.39, 0.29) is 5.56 Å². The lowest BCUT2D eigenvalue weighted by Crippen LogP contribution is -2.33. The number of rotatable bonds is 7. The molecule has 1 aliphatic heterocycles. The molecule has 2 rings (SSSR count). The molecule has 0 aromatic carbocycles. The van der Waals surface area contributed by atoms with Gasteiger partial charge in [0.2, 0.25) is 0 Å². The number of aromatic nitrogens is 2. The van der Waals surface area contributed by atoms with Crippen LogP contribution in [0.2, 0.25) is 0 Å². The van der Waals surface area contributed by atoms with Gasteiger partial charge in [-0.2, -0.15) is 0 Å². The molecule has 2 N–H and O–H groups in total. The topological polar surface area (TPSA) is 68.2 Å². The minimum atomic E-state index is -0.0620. The summed E-state index contributed by atoms with van der Waals surface area (Å²) in [6.45, 7) is 8.15. The first-order valence-corrected chi connectivity index (χ1v) is 7.78. The SMILES string of the molecule is CC(C)Cn1ccnc(NCCOC2CCNCC2)c1=O. The fraction of sp³-hybridized carbons (Fsp3) is 0.733. The molecule has 0 saturated carbocycles. The molecule has 0 spiro atoms. The Morgan fingerprint density at radius 2 is 2.24 bits per heavy atom. The summed E-state index contributed by atoms with van der Waals surface area (Å²) in [6.07, 6.45) is 5.86. The molecular formula is C15H26N4O2. The third-order valence-electron chi connectivity index (χ3n) is 3.51. The van der Waals surface area contributed by atoms with Crippen LogP contribution in [-0.2, 0) is 11.3 Å². The minimum absolute atomic E-state index is 0.0620. The molecule has 6 heteroatoms. The Balaban J connectivity index is 1.78. The highest BCUT2D eigenvalue weighted by molar-refractivity contribution is 5.30. The van der Waals surface area contributed by atoms with Crippen molar-refractivity contribution in [3.05, 3.63) is 22.7 Å². The molecule has 0 bridgehead atoms. The van der Waals surface area contributed by atoms with E-state index in [0.717, 1.165) is 25.9 Å². The Labute approximate surface area is 125 Å². The number of hydrogen-bond donors (Lipinski definition) is 2. The Kier molecular flexibility index (Phi) is 6.20. The lowest BCUT2D eigenvalue weighted by molar-refractivity contribution is 0.0394. The fourth-order valence-electron chi connectivity index (χ4n) is 2.46. The summed E-state index contributed by atoms with van der Waals surface area (Å²) in [4.78, 5) is 16.3. The van der Waals surface area contributed by atoms with Crippen LogP contribution in [0.1, 0.15) is 26.7 Å². The third-order valence-corrected chi connectivity index (χ3v) is 3.51. The maximum Gasteiger partial charge on any atom is 0.293 e. The van der Waals surface area contributed by atoms with Crippen molar-refractivity contribution < 1.29 is 4.74 Å². The molecule has 0 unspecified atom stereocenters. The summed E-state index contributed by atoms with van der Waals surface area (Å²) in [6, 6.07) is 0. The van der Waals surface area contributed by atoms with Crippen molar-refractivity contribution in [3.8, 4) is 0 Å². The monoisotopic (exact) mass is 294 g/mol. The molecule has 1 aliphatic rings. The number of nitrogens with zero attached hydrogens (tertiary/aromatic N) is 2. The van der Waals surface area contributed by atoms with Crippen molar-refractivity contribution in [2.24, 2.45) is 5.92 Å². The summed E-state index contributed by atoms with van der Waals surface area (Å²) in [7, 11) is 0. The molecule has 1 aromatic rings. The van der Waals surface area contributed by atoms with Gasteiger partial charge in [0.1, 0.15) is 0 Å². The fourth-order valence-corrected chi connectivity index (χ4v) is 2.46. The van der Waals surface area contributed by atoms with Crippen LogP contribution in [0.3, 0.4) is 0 Å². The van der Waals surface area contributed by atoms with E-state index in [9.17, 15) is 4.79 Å². The van der Waals surface area contributed by atoms with Gasteiger partial charge in [-0.05, 0) is 31.8 Å². The molecule has 0 aliphatic carbocycles. The molecule has 1 aromatic heterocycles. The number of ether oxygens (including phenoxy) is 1. The standard InChI is InChI=1S/C15H26N4O2/c1-12(2)11-19-9-7-17-14(15(19)20)18-8-10-21-13-3-5-16-6-4-13/h7,9,12-13,16H,3-6,8,10-11H2,1-2H3,(H,17,18). The van der Waals surface area contributed by atoms with E-state index in [2.05, 4.69) is 29.5 Å². The molecule has 2 heterocycles. The average molecular weight is 294 g/mol. The van der Waals surface area contributed by atoms with Crippen LogP contribution in [0.4, 0.5) is 5.82 Å². The van der Waals surface area contributed by atoms with E-state index >= 15 is 0 Å². The van der Waals surface area contributed by atoms with Gasteiger partial charge in [-0.25, -0.2) is 4.98 Å². The second kappa shape index (κ2) is 8.14. The first kappa shape index (κ1) is 16.0. The Hall–Kier alpha value is -1.40. The largest absolute Gasteiger partial charge is 0.376 e. The van der Waals surface area contributed by atoms with E-state index in [1.807, 2.05) is 0 Å². The summed E-state index contributed by atoms with van der Waals surface area (Å²) >= 11 is 0. The van der Waals surface area contributed by atoms with Gasteiger partial charge >= 0.3 is 0 Å². The van der Waals surface area contributed by atoms with E-state index in [1.54, 1.807) is 17.0 Å². The average Bonchev–Trinajstić information content (AvgIpc) is 2.48. The van der Waals surface area contributed by atoms with Crippen LogP contribution in [0.5, 0.6) is 0 Å². The number of hydrogen-bond acceptors (Lipinski definition) is 5. The molecule has 1 fully saturated rings. The number of piperidine rings is 1. The summed E-state index contributed by atoms with van der Waals surface area (Å²) in [5, 5.41) is 6.39. The Morgan fingerprint density at radius 3 is 2.95 bits per heavy atom. The van der Waals surface area contributed by atoms with E-state index in [0.29, 0.717) is 37.5 Å². The molecular weight excluding hydrogens is 268 g/mol. The van der Waals surface area contributed by atoms with Crippen LogP contribution >= 0.6 is 0 Å². The highest BCUT2D eigenvalue weighted by atomic mass is 16.5. The number of anilines is 1. The van der Waals surface area contributed by atoms with Crippen LogP contribution in [-0.4, -0.2) is 41.9 Å². The highest BCUT2D eigenvalue weighted by Crippen LogP contribution is 2.06. The zero-order valence-corrected chi connectivity index (χ0v) is 13.0. The zero-order valence-electron chi connectivity index (χ0n) is 13.0. The van der Waals surface area contributed by atoms with Crippen molar-refractivity contribution >= 4 is 5.82 Å². The van der Waals surface area contributed by atoms with Crippen LogP contribution in [0.25, 0.3) is 0 Å². The van der Waals surface area contributed by atoms with Crippen molar-refractivity contribution in [1.29, 1.82) is 0 Å². The van der Waals surface area contributed by atoms with Crippen molar-refractivity contribution in [2.45, 2.75) is 39.3 Å². The maximum absolute atomic E-state index is 12.2. The van der Waals surface area contributed by atoms with Gasteiger partial charge in [0.05, 0.1) is 12.7 Å². The van der Waals surface area contributed by atoms with E-state index in [1.165, 1.54) is 0 Å². The molecule has 0 atom stereocenters. The molecule has 0 radical (unpaired) electrons. The molecule has 118 valence electrons. The minimum Gasteiger partial charge on any atom is -0.376 e. The Morgan fingerprint density at radius 1 is 1.48 bits per heavy atom. The molecule has 0 amide bonds. The predicted molar refractivity (Wildman–Crippen MR) is 83.7 cm³/mol. The van der Waals surface area contributed by atoms with Crippen LogP contribution in [0.15, 0.2) is 17.2 Å². The molecule has 21 heavy (non-hydrogen) atoms. The lowest BCUT2D eigenvalue weighted by Gasteiger charge is -2.23. The van der Waals surface area contributed by atoms with Gasteiger partial charge in [-0.1, -0.05) is 13.8 Å². The second-order valence-corrected chi connectivity index (χ2v) is 5.87. The van der Waals surface area contributed by atoms with Gasteiger partial charge in [-0.15, -0.1) is 0 Å². The highest BCUT2D eigenvalue weighted by Gasteiger charge is 2.12. The van der Waals surface area contributed by atoms with E-state index < -0.39 is 0 Å². The first-order chi connectivity index (χ1) is 10.2. The summed E-state index contributed by atoms with van der Waals surface area (Å²) in [5.41, 5.74) is -0.0620. The summed E-state index contributed by atoms with van der Waals surface area (Å²) < 4.78 is 7.50. The van der Waals surface area contributed by atoms with Gasteiger partial charge < -0.3 is 19.9 Å². The molecule has 6 nitrogen and oxygen atoms in total. The van der Waals surface area contributed by atoms with Crippen LogP contribution < -0.4 is 16.2 Å². The first-order valence-electron chi connectivity index (χ1n) is 7.78. The quantitative estimate of drug-likeness (QED) is 0.737. The van der Waals surface area contributed by atoms with Crippen molar-refractivity contribution in [2.75, 3.05) is 31.6 Å². The smallest absolute Gasteiger partial charge is 0.293 e. The zero-order chi connectivity index (χ0) is 15.1. The molecule has 1 saturated heterocycles. The normalized spacial score (nSPS) is 16.3. The predicted octanol–water partition coefficient (Wildman–Crippen LogP) is 1.08. The van der Waals surface area contributed by atoms with Crippen molar-refractivity contribution in [1.82, 2.24) is 14.9 Å². The maximum atomic E-state index is 12.2. The van der Waals surface area contributed by atoms with Crippen molar-refractivity contribution in [3.63, 3.8) is 0 Å². The van der Waals surface area contributed by atoms with Gasteiger partial charge in [0, 0.05) is 25.5 Å². The summed E-state index contributed by atoms with van der Waals surface area (Å²) in [5.74, 6) is 0.841. The van der Waals surface area contributed by atoms with Gasteiger partial charge in [-0.3, -0.25) is 4.79 Å². The second-order valence-electron chi connectivity index (χ2n) is 5.87. The third kappa shape index (κ3) is 5.13. The number of nitrogens with one attached hydrogen (secondary N) is 2. The Bertz CT molecular complexity index is 481. The lowest BCUT2D eigenvalue weighted by atomic mass is 10.1. The van der Waals surface area contributed by atoms with Gasteiger partial charge in [0.25, 0.3) is 5.56 Å². The van der Waals surface area contributed by atoms with Gasteiger partial charge in [0.15, 0.2) is 5.82 Å². The van der Waals surface area contributed by atoms with Crippen LogP contribution in [0, 0.1) is 5.92 Å².